The molecule has 3 heterocycles. The molecule has 2 aromatic rings. The molecule has 2 aromatic heterocycles. The minimum atomic E-state index is -0.217. The van der Waals surface area contributed by atoms with E-state index < -0.39 is 0 Å². The van der Waals surface area contributed by atoms with Crippen LogP contribution in [-0.2, 0) is 4.84 Å². The molecular formula is C15H18N4OS. The molecule has 6 rings (SSSR count). The van der Waals surface area contributed by atoms with Crippen molar-refractivity contribution in [1.82, 2.24) is 16.0 Å². The van der Waals surface area contributed by atoms with Crippen molar-refractivity contribution in [3.8, 4) is 0 Å². The van der Waals surface area contributed by atoms with Crippen LogP contribution >= 0.6 is 11.3 Å². The fourth-order valence-electron chi connectivity index (χ4n) is 4.13. The lowest BCUT2D eigenvalue weighted by Crippen LogP contribution is -2.57. The minimum absolute atomic E-state index is 0.217. The summed E-state index contributed by atoms with van der Waals surface area (Å²) in [5, 5.41) is 3.97. The third kappa shape index (κ3) is 1.83. The van der Waals surface area contributed by atoms with E-state index in [9.17, 15) is 0 Å². The van der Waals surface area contributed by atoms with Crippen molar-refractivity contribution < 1.29 is 4.84 Å². The van der Waals surface area contributed by atoms with Gasteiger partial charge in [0.1, 0.15) is 0 Å². The predicted octanol–water partition coefficient (Wildman–Crippen LogP) is 2.96. The van der Waals surface area contributed by atoms with E-state index in [0.29, 0.717) is 5.92 Å². The van der Waals surface area contributed by atoms with Crippen LogP contribution in [0.1, 0.15) is 32.1 Å². The zero-order valence-corrected chi connectivity index (χ0v) is 12.5. The van der Waals surface area contributed by atoms with Crippen molar-refractivity contribution in [1.29, 1.82) is 0 Å². The van der Waals surface area contributed by atoms with Crippen molar-refractivity contribution >= 4 is 27.2 Å². The molecule has 1 spiro atoms. The number of nitrogens with one attached hydrogen (secondary N) is 2. The number of nitrogens with zero attached hydrogens (tertiary/aromatic N) is 2. The van der Waals surface area contributed by atoms with Crippen LogP contribution in [0.4, 0.5) is 5.69 Å². The third-order valence-electron chi connectivity index (χ3n) is 5.26. The van der Waals surface area contributed by atoms with Gasteiger partial charge in [0.25, 0.3) is 0 Å². The van der Waals surface area contributed by atoms with Crippen LogP contribution in [-0.4, -0.2) is 10.7 Å². The highest BCUT2D eigenvalue weighted by Gasteiger charge is 2.53. The molecule has 1 atom stereocenters. The van der Waals surface area contributed by atoms with Gasteiger partial charge in [0, 0.05) is 5.92 Å². The van der Waals surface area contributed by atoms with E-state index in [1.54, 1.807) is 11.3 Å². The molecule has 3 saturated carbocycles. The minimum Gasteiger partial charge on any atom is -0.257 e. The van der Waals surface area contributed by atoms with Gasteiger partial charge in [-0.25, -0.2) is 5.12 Å². The molecule has 2 bridgehead atoms. The second kappa shape index (κ2) is 4.39. The topological polar surface area (TPSA) is 49.4 Å². The Morgan fingerprint density at radius 2 is 2.24 bits per heavy atom. The number of fused-ring (bicyclic) bond motifs is 3. The van der Waals surface area contributed by atoms with Crippen LogP contribution in [0, 0.1) is 11.8 Å². The van der Waals surface area contributed by atoms with Crippen molar-refractivity contribution in [2.45, 2.75) is 37.8 Å². The van der Waals surface area contributed by atoms with Gasteiger partial charge < -0.3 is 0 Å². The molecule has 4 fully saturated rings. The maximum absolute atomic E-state index is 6.02. The van der Waals surface area contributed by atoms with Crippen LogP contribution in [0.5, 0.6) is 0 Å². The highest BCUT2D eigenvalue weighted by atomic mass is 32.1. The van der Waals surface area contributed by atoms with Crippen LogP contribution in [0.25, 0.3) is 10.2 Å². The van der Waals surface area contributed by atoms with Gasteiger partial charge in [-0.05, 0) is 55.5 Å². The van der Waals surface area contributed by atoms with E-state index in [0.717, 1.165) is 23.5 Å². The lowest BCUT2D eigenvalue weighted by atomic mass is 9.66. The Labute approximate surface area is 127 Å². The fourth-order valence-corrected chi connectivity index (χ4v) is 4.90. The van der Waals surface area contributed by atoms with Gasteiger partial charge in [-0.2, -0.15) is 5.43 Å². The molecule has 6 heteroatoms. The average Bonchev–Trinajstić information content (AvgIpc) is 3.15. The van der Waals surface area contributed by atoms with Crippen LogP contribution in [0.2, 0.25) is 0 Å². The van der Waals surface area contributed by atoms with E-state index in [1.807, 2.05) is 17.4 Å². The summed E-state index contributed by atoms with van der Waals surface area (Å²) >= 11 is 1.71. The number of aromatic nitrogens is 1. The number of hydrogen-bond acceptors (Lipinski definition) is 6. The molecular weight excluding hydrogens is 284 g/mol. The standard InChI is InChI=1S/C15H18N4OS/c1-3-11-4-2-10(1)8-15(11)17-19(18-20-15)12-7-14-13(16-9-12)5-6-21-14/h5-7,9-11,17-18H,1-4,8H2/t10?,11?,15-/m1/s1. The van der Waals surface area contributed by atoms with Gasteiger partial charge in [0.15, 0.2) is 5.72 Å². The van der Waals surface area contributed by atoms with Gasteiger partial charge in [-0.3, -0.25) is 9.82 Å². The Bertz CT molecular complexity index is 681. The Morgan fingerprint density at radius 3 is 3.05 bits per heavy atom. The first-order valence-corrected chi connectivity index (χ1v) is 8.55. The number of hydrazine groups is 2. The maximum Gasteiger partial charge on any atom is 0.163 e. The smallest absolute Gasteiger partial charge is 0.163 e. The predicted molar refractivity (Wildman–Crippen MR) is 82.3 cm³/mol. The molecule has 1 saturated heterocycles. The number of thiophene rings is 1. The SMILES string of the molecule is c1cc2ncc(N3NO[C@@]4(CC5CCC4CC5)N3)cc2s1. The van der Waals surface area contributed by atoms with E-state index in [4.69, 9.17) is 4.84 Å². The monoisotopic (exact) mass is 302 g/mol. The first-order chi connectivity index (χ1) is 10.3. The Kier molecular flexibility index (Phi) is 2.58. The Hall–Kier alpha value is -1.21. The zero-order chi connectivity index (χ0) is 13.9. The highest BCUT2D eigenvalue weighted by molar-refractivity contribution is 7.17. The molecule has 2 N–H and O–H groups in total. The normalized spacial score (nSPS) is 35.1. The highest BCUT2D eigenvalue weighted by Crippen LogP contribution is 2.49. The van der Waals surface area contributed by atoms with Gasteiger partial charge in [0.05, 0.1) is 22.1 Å². The Morgan fingerprint density at radius 1 is 1.33 bits per heavy atom. The summed E-state index contributed by atoms with van der Waals surface area (Å²) in [5.41, 5.74) is 8.48. The van der Waals surface area contributed by atoms with Gasteiger partial charge in [0.2, 0.25) is 0 Å². The van der Waals surface area contributed by atoms with Gasteiger partial charge in [-0.1, -0.05) is 5.59 Å². The molecule has 0 amide bonds. The lowest BCUT2D eigenvalue weighted by molar-refractivity contribution is -0.153. The molecule has 3 aliphatic carbocycles. The quantitative estimate of drug-likeness (QED) is 0.848. The molecule has 1 aliphatic heterocycles. The van der Waals surface area contributed by atoms with E-state index >= 15 is 0 Å². The number of pyridine rings is 1. The first kappa shape index (κ1) is 12.3. The van der Waals surface area contributed by atoms with Crippen molar-refractivity contribution in [3.05, 3.63) is 23.7 Å². The first-order valence-electron chi connectivity index (χ1n) is 7.67. The summed E-state index contributed by atoms with van der Waals surface area (Å²) in [5.74, 6) is 1.42. The lowest BCUT2D eigenvalue weighted by Gasteiger charge is -2.47. The summed E-state index contributed by atoms with van der Waals surface area (Å²) in [6.45, 7) is 0. The van der Waals surface area contributed by atoms with Crippen molar-refractivity contribution in [2.75, 3.05) is 5.12 Å². The summed E-state index contributed by atoms with van der Waals surface area (Å²) in [7, 11) is 0. The number of hydrogen-bond donors (Lipinski definition) is 2. The zero-order valence-electron chi connectivity index (χ0n) is 11.7. The van der Waals surface area contributed by atoms with E-state index in [1.165, 1.54) is 30.4 Å². The molecule has 110 valence electrons. The Balaban J connectivity index is 1.44. The molecule has 4 aliphatic rings. The number of rotatable bonds is 1. The summed E-state index contributed by atoms with van der Waals surface area (Å²) in [6, 6.07) is 4.20. The third-order valence-corrected chi connectivity index (χ3v) is 6.12. The molecule has 0 aromatic carbocycles. The molecule has 21 heavy (non-hydrogen) atoms. The summed E-state index contributed by atoms with van der Waals surface area (Å²) in [6.07, 6.45) is 8.26. The van der Waals surface area contributed by atoms with E-state index in [2.05, 4.69) is 27.4 Å². The van der Waals surface area contributed by atoms with Gasteiger partial charge in [-0.15, -0.1) is 11.3 Å². The second-order valence-electron chi connectivity index (χ2n) is 6.45. The molecule has 5 nitrogen and oxygen atoms in total. The van der Waals surface area contributed by atoms with Crippen LogP contribution in [0.3, 0.4) is 0 Å². The van der Waals surface area contributed by atoms with Crippen molar-refractivity contribution in [3.63, 3.8) is 0 Å². The second-order valence-corrected chi connectivity index (χ2v) is 7.40. The van der Waals surface area contributed by atoms with Gasteiger partial charge >= 0.3 is 0 Å². The fraction of sp³-hybridized carbons (Fsp3) is 0.533. The molecule has 0 radical (unpaired) electrons. The largest absolute Gasteiger partial charge is 0.257 e. The average molecular weight is 302 g/mol. The van der Waals surface area contributed by atoms with Crippen LogP contribution < -0.4 is 16.1 Å². The summed E-state index contributed by atoms with van der Waals surface area (Å²) in [4.78, 5) is 10.5. The van der Waals surface area contributed by atoms with Crippen molar-refractivity contribution in [2.24, 2.45) is 11.8 Å². The summed E-state index contributed by atoms with van der Waals surface area (Å²) < 4.78 is 1.20. The molecule has 0 unspecified atom stereocenters. The maximum atomic E-state index is 6.02. The number of anilines is 1. The van der Waals surface area contributed by atoms with E-state index in [-0.39, 0.29) is 5.72 Å². The van der Waals surface area contributed by atoms with Crippen LogP contribution in [0.15, 0.2) is 23.7 Å².